The van der Waals surface area contributed by atoms with E-state index in [-0.39, 0.29) is 10.6 Å². The van der Waals surface area contributed by atoms with Crippen LogP contribution in [-0.2, 0) is 0 Å². The highest BCUT2D eigenvalue weighted by atomic mass is 32.1. The Labute approximate surface area is 131 Å². The normalized spacial score (nSPS) is 15.7. The van der Waals surface area contributed by atoms with Crippen molar-refractivity contribution in [2.24, 2.45) is 0 Å². The maximum Gasteiger partial charge on any atom is 0.311 e. The molecule has 2 aromatic heterocycles. The van der Waals surface area contributed by atoms with Crippen molar-refractivity contribution in [3.05, 3.63) is 34.3 Å². The fraction of sp³-hybridized carbons (Fsp3) is 0.462. The van der Waals surface area contributed by atoms with Gasteiger partial charge < -0.3 is 9.80 Å². The number of nitrogens with zero attached hydrogens (tertiary/aromatic N) is 6. The first-order chi connectivity index (χ1) is 10.6. The molecule has 8 nitrogen and oxygen atoms in total. The Morgan fingerprint density at radius 1 is 1.27 bits per heavy atom. The molecule has 0 spiro atoms. The van der Waals surface area contributed by atoms with Crippen LogP contribution < -0.4 is 9.80 Å². The molecule has 1 fully saturated rings. The van der Waals surface area contributed by atoms with E-state index in [9.17, 15) is 10.1 Å². The molecule has 0 radical (unpaired) electrons. The molecule has 116 valence electrons. The van der Waals surface area contributed by atoms with Crippen LogP contribution in [0.2, 0.25) is 0 Å². The van der Waals surface area contributed by atoms with Gasteiger partial charge >= 0.3 is 5.69 Å². The Hall–Kier alpha value is -2.29. The Morgan fingerprint density at radius 2 is 2.05 bits per heavy atom. The van der Waals surface area contributed by atoms with Gasteiger partial charge in [0.15, 0.2) is 0 Å². The van der Waals surface area contributed by atoms with Crippen LogP contribution in [-0.4, -0.2) is 45.4 Å². The molecule has 0 aliphatic carbocycles. The molecule has 1 aliphatic rings. The Kier molecular flexibility index (Phi) is 4.14. The first-order valence-electron chi connectivity index (χ1n) is 7.05. The van der Waals surface area contributed by atoms with Crippen LogP contribution in [0.25, 0.3) is 0 Å². The van der Waals surface area contributed by atoms with E-state index in [2.05, 4.69) is 19.2 Å². The van der Waals surface area contributed by atoms with Gasteiger partial charge in [0.1, 0.15) is 5.82 Å². The zero-order valence-corrected chi connectivity index (χ0v) is 13.0. The van der Waals surface area contributed by atoms with Gasteiger partial charge in [0.05, 0.1) is 4.92 Å². The average molecular weight is 320 g/mol. The van der Waals surface area contributed by atoms with E-state index in [1.807, 2.05) is 11.8 Å². The Bertz CT molecular complexity index is 676. The molecule has 0 unspecified atom stereocenters. The topological polar surface area (TPSA) is 88.3 Å². The molecule has 1 saturated heterocycles. The molecular formula is C13H16N6O2S. The van der Waals surface area contributed by atoms with Gasteiger partial charge in [-0.25, -0.2) is 9.97 Å². The monoisotopic (exact) mass is 320 g/mol. The predicted molar refractivity (Wildman–Crippen MR) is 84.6 cm³/mol. The van der Waals surface area contributed by atoms with Crippen LogP contribution in [0.1, 0.15) is 12.2 Å². The molecule has 22 heavy (non-hydrogen) atoms. The van der Waals surface area contributed by atoms with Crippen LogP contribution in [0.3, 0.4) is 0 Å². The van der Waals surface area contributed by atoms with E-state index >= 15 is 0 Å². The van der Waals surface area contributed by atoms with E-state index in [4.69, 9.17) is 0 Å². The van der Waals surface area contributed by atoms with Crippen LogP contribution in [0.15, 0.2) is 18.3 Å². The second-order valence-corrected chi connectivity index (χ2v) is 5.79. The first-order valence-corrected chi connectivity index (χ1v) is 7.82. The smallest absolute Gasteiger partial charge is 0.311 e. The van der Waals surface area contributed by atoms with E-state index in [1.165, 1.54) is 17.6 Å². The van der Waals surface area contributed by atoms with Gasteiger partial charge in [0.25, 0.3) is 0 Å². The molecular weight excluding hydrogens is 304 g/mol. The zero-order valence-electron chi connectivity index (χ0n) is 12.2. The third-order valence-electron chi connectivity index (χ3n) is 3.55. The van der Waals surface area contributed by atoms with Crippen molar-refractivity contribution in [1.82, 2.24) is 14.3 Å². The predicted octanol–water partition coefficient (Wildman–Crippen LogP) is 1.87. The van der Waals surface area contributed by atoms with Gasteiger partial charge in [-0.05, 0) is 19.4 Å². The van der Waals surface area contributed by atoms with E-state index in [0.717, 1.165) is 37.0 Å². The fourth-order valence-electron chi connectivity index (χ4n) is 2.51. The minimum absolute atomic E-state index is 0.0581. The molecule has 0 N–H and O–H groups in total. The lowest BCUT2D eigenvalue weighted by Crippen LogP contribution is -2.31. The van der Waals surface area contributed by atoms with Gasteiger partial charge in [-0.2, -0.15) is 4.37 Å². The van der Waals surface area contributed by atoms with Crippen molar-refractivity contribution >= 4 is 28.2 Å². The lowest BCUT2D eigenvalue weighted by Gasteiger charge is -2.21. The quantitative estimate of drug-likeness (QED) is 0.630. The summed E-state index contributed by atoms with van der Waals surface area (Å²) in [6, 6.07) is 3.09. The molecule has 0 amide bonds. The lowest BCUT2D eigenvalue weighted by atomic mass is 10.3. The minimum Gasteiger partial charge on any atom is -0.349 e. The maximum atomic E-state index is 11.2. The summed E-state index contributed by atoms with van der Waals surface area (Å²) in [5, 5.41) is 12.1. The maximum absolute atomic E-state index is 11.2. The molecule has 1 aliphatic heterocycles. The van der Waals surface area contributed by atoms with Gasteiger partial charge in [-0.1, -0.05) is 0 Å². The van der Waals surface area contributed by atoms with Crippen molar-refractivity contribution in [3.8, 4) is 0 Å². The largest absolute Gasteiger partial charge is 0.349 e. The average Bonchev–Trinajstić information content (AvgIpc) is 2.81. The fourth-order valence-corrected chi connectivity index (χ4v) is 3.24. The van der Waals surface area contributed by atoms with Crippen LogP contribution >= 0.6 is 11.5 Å². The van der Waals surface area contributed by atoms with Gasteiger partial charge in [-0.15, -0.1) is 0 Å². The summed E-state index contributed by atoms with van der Waals surface area (Å²) in [6.07, 6.45) is 2.49. The van der Waals surface area contributed by atoms with Crippen molar-refractivity contribution in [2.75, 3.05) is 36.0 Å². The van der Waals surface area contributed by atoms with Crippen LogP contribution in [0, 0.1) is 17.0 Å². The van der Waals surface area contributed by atoms with Gasteiger partial charge in [0.2, 0.25) is 10.9 Å². The zero-order chi connectivity index (χ0) is 15.5. The molecule has 2 aromatic rings. The summed E-state index contributed by atoms with van der Waals surface area (Å²) in [4.78, 5) is 23.6. The molecule has 9 heteroatoms. The molecule has 0 saturated carbocycles. The summed E-state index contributed by atoms with van der Waals surface area (Å²) < 4.78 is 4.21. The Balaban J connectivity index is 1.77. The number of anilines is 2. The van der Waals surface area contributed by atoms with Crippen molar-refractivity contribution < 1.29 is 4.92 Å². The summed E-state index contributed by atoms with van der Waals surface area (Å²) in [7, 11) is 0. The number of hydrogen-bond donors (Lipinski definition) is 0. The highest BCUT2D eigenvalue weighted by Gasteiger charge is 2.24. The lowest BCUT2D eigenvalue weighted by molar-refractivity contribution is -0.384. The standard InChI is InChI=1S/C13H16N6O2S/c1-10-15-13(22-16-10)18-7-3-6-17(8-9-18)12-11(19(20)21)4-2-5-14-12/h2,4-5H,3,6-9H2,1H3. The third kappa shape index (κ3) is 2.98. The molecule has 3 heterocycles. The summed E-state index contributed by atoms with van der Waals surface area (Å²) in [5.74, 6) is 1.23. The third-order valence-corrected chi connectivity index (χ3v) is 4.41. The van der Waals surface area contributed by atoms with Gasteiger partial charge in [-0.3, -0.25) is 10.1 Å². The van der Waals surface area contributed by atoms with E-state index < -0.39 is 0 Å². The SMILES string of the molecule is Cc1nsc(N2CCCN(c3ncccc3[N+](=O)[O-])CC2)n1. The van der Waals surface area contributed by atoms with Crippen molar-refractivity contribution in [3.63, 3.8) is 0 Å². The Morgan fingerprint density at radius 3 is 2.77 bits per heavy atom. The number of rotatable bonds is 3. The number of aryl methyl sites for hydroxylation is 1. The van der Waals surface area contributed by atoms with Gasteiger partial charge in [0, 0.05) is 50.0 Å². The van der Waals surface area contributed by atoms with Crippen molar-refractivity contribution in [2.45, 2.75) is 13.3 Å². The summed E-state index contributed by atoms with van der Waals surface area (Å²) in [5.41, 5.74) is 0.0581. The molecule has 3 rings (SSSR count). The number of pyridine rings is 1. The van der Waals surface area contributed by atoms with Crippen LogP contribution in [0.4, 0.5) is 16.6 Å². The summed E-state index contributed by atoms with van der Waals surface area (Å²) >= 11 is 1.39. The van der Waals surface area contributed by atoms with E-state index in [0.29, 0.717) is 12.4 Å². The van der Waals surface area contributed by atoms with Crippen LogP contribution in [0.5, 0.6) is 0 Å². The molecule has 0 atom stereocenters. The second kappa shape index (κ2) is 6.22. The number of nitro groups is 1. The van der Waals surface area contributed by atoms with E-state index in [1.54, 1.807) is 12.3 Å². The number of aromatic nitrogens is 3. The second-order valence-electron chi connectivity index (χ2n) is 5.06. The summed E-state index contributed by atoms with van der Waals surface area (Å²) in [6.45, 7) is 4.91. The highest BCUT2D eigenvalue weighted by Crippen LogP contribution is 2.27. The van der Waals surface area contributed by atoms with Crippen molar-refractivity contribution in [1.29, 1.82) is 0 Å². The molecule has 0 bridgehead atoms. The first kappa shape index (κ1) is 14.6. The minimum atomic E-state index is -0.376. The molecule has 0 aromatic carbocycles. The number of hydrogen-bond acceptors (Lipinski definition) is 8. The highest BCUT2D eigenvalue weighted by molar-refractivity contribution is 7.09.